The van der Waals surface area contributed by atoms with Gasteiger partial charge in [-0.3, -0.25) is 0 Å². The molecular weight excluding hydrogens is 504 g/mol. The molecule has 2 aromatic carbocycles. The number of hydrogen-bond donors (Lipinski definition) is 0. The molecule has 0 spiro atoms. The SMILES string of the molecule is CCCCOc1c(Br)cc(-c2nn(-c3ccccc3)c(C(=O)OC)c2C(=O)OC)cc1OCC. The van der Waals surface area contributed by atoms with Gasteiger partial charge in [-0.1, -0.05) is 31.5 Å². The zero-order valence-corrected chi connectivity index (χ0v) is 21.2. The van der Waals surface area contributed by atoms with E-state index in [1.807, 2.05) is 25.1 Å². The van der Waals surface area contributed by atoms with Crippen LogP contribution in [0.2, 0.25) is 0 Å². The average molecular weight is 531 g/mol. The van der Waals surface area contributed by atoms with Gasteiger partial charge in [0.15, 0.2) is 17.2 Å². The van der Waals surface area contributed by atoms with E-state index in [1.54, 1.807) is 24.3 Å². The molecule has 0 aliphatic heterocycles. The number of hydrogen-bond acceptors (Lipinski definition) is 7. The van der Waals surface area contributed by atoms with Crippen LogP contribution in [-0.4, -0.2) is 49.2 Å². The topological polar surface area (TPSA) is 88.9 Å². The maximum Gasteiger partial charge on any atom is 0.357 e. The quantitative estimate of drug-likeness (QED) is 0.254. The molecule has 180 valence electrons. The summed E-state index contributed by atoms with van der Waals surface area (Å²) in [5, 5.41) is 4.63. The summed E-state index contributed by atoms with van der Waals surface area (Å²) in [4.78, 5) is 25.7. The molecule has 0 saturated heterocycles. The number of nitrogens with zero attached hydrogens (tertiary/aromatic N) is 2. The largest absolute Gasteiger partial charge is 0.490 e. The summed E-state index contributed by atoms with van der Waals surface area (Å²) >= 11 is 3.56. The predicted molar refractivity (Wildman–Crippen MR) is 131 cm³/mol. The van der Waals surface area contributed by atoms with E-state index in [2.05, 4.69) is 28.0 Å². The van der Waals surface area contributed by atoms with E-state index in [0.717, 1.165) is 12.8 Å². The van der Waals surface area contributed by atoms with Crippen molar-refractivity contribution in [2.75, 3.05) is 27.4 Å². The maximum atomic E-state index is 12.9. The number of benzene rings is 2. The summed E-state index contributed by atoms with van der Waals surface area (Å²) < 4.78 is 23.8. The second-order valence-corrected chi connectivity index (χ2v) is 8.08. The van der Waals surface area contributed by atoms with Crippen molar-refractivity contribution in [3.8, 4) is 28.4 Å². The molecule has 0 bridgehead atoms. The number of carbonyl (C=O) groups excluding carboxylic acids is 2. The molecule has 0 saturated carbocycles. The van der Waals surface area contributed by atoms with Gasteiger partial charge in [0, 0.05) is 5.56 Å². The van der Waals surface area contributed by atoms with Crippen molar-refractivity contribution in [2.24, 2.45) is 0 Å². The van der Waals surface area contributed by atoms with Crippen LogP contribution in [0.25, 0.3) is 16.9 Å². The van der Waals surface area contributed by atoms with Gasteiger partial charge in [-0.2, -0.15) is 5.10 Å². The molecule has 1 aromatic heterocycles. The fraction of sp³-hybridized carbons (Fsp3) is 0.320. The lowest BCUT2D eigenvalue weighted by Crippen LogP contribution is -2.15. The van der Waals surface area contributed by atoms with Crippen LogP contribution in [0.15, 0.2) is 46.9 Å². The van der Waals surface area contributed by atoms with E-state index < -0.39 is 11.9 Å². The van der Waals surface area contributed by atoms with E-state index in [9.17, 15) is 9.59 Å². The summed E-state index contributed by atoms with van der Waals surface area (Å²) in [6.45, 7) is 4.91. The molecule has 0 fully saturated rings. The fourth-order valence-corrected chi connectivity index (χ4v) is 3.94. The number of ether oxygens (including phenoxy) is 4. The first-order chi connectivity index (χ1) is 16.5. The smallest absolute Gasteiger partial charge is 0.357 e. The van der Waals surface area contributed by atoms with E-state index in [0.29, 0.717) is 40.4 Å². The normalized spacial score (nSPS) is 10.6. The molecule has 3 rings (SSSR count). The molecule has 0 atom stereocenters. The lowest BCUT2D eigenvalue weighted by atomic mass is 10.0. The van der Waals surface area contributed by atoms with Crippen molar-refractivity contribution < 1.29 is 28.5 Å². The number of para-hydroxylation sites is 1. The third-order valence-corrected chi connectivity index (χ3v) is 5.57. The molecule has 0 aliphatic carbocycles. The third-order valence-electron chi connectivity index (χ3n) is 4.98. The molecule has 0 aliphatic rings. The highest BCUT2D eigenvalue weighted by Crippen LogP contribution is 2.41. The second kappa shape index (κ2) is 11.7. The fourth-order valence-electron chi connectivity index (χ4n) is 3.38. The highest BCUT2D eigenvalue weighted by atomic mass is 79.9. The monoisotopic (exact) mass is 530 g/mol. The van der Waals surface area contributed by atoms with Crippen LogP contribution in [0, 0.1) is 0 Å². The number of halogens is 1. The summed E-state index contributed by atoms with van der Waals surface area (Å²) in [5.74, 6) is -0.372. The van der Waals surface area contributed by atoms with Crippen molar-refractivity contribution in [1.82, 2.24) is 9.78 Å². The Balaban J connectivity index is 2.27. The van der Waals surface area contributed by atoms with E-state index >= 15 is 0 Å². The summed E-state index contributed by atoms with van der Waals surface area (Å²) in [7, 11) is 2.50. The van der Waals surface area contributed by atoms with Crippen LogP contribution in [-0.2, 0) is 9.47 Å². The van der Waals surface area contributed by atoms with Crippen LogP contribution >= 0.6 is 15.9 Å². The standard InChI is InChI=1S/C25H27BrN2O6/c1-5-7-13-34-23-18(26)14-16(15-19(23)33-6-2)21-20(24(29)31-3)22(25(30)32-4)28(27-21)17-11-9-8-10-12-17/h8-12,14-15H,5-7,13H2,1-4H3. The van der Waals surface area contributed by atoms with Gasteiger partial charge in [-0.05, 0) is 53.5 Å². The van der Waals surface area contributed by atoms with Gasteiger partial charge in [-0.15, -0.1) is 0 Å². The van der Waals surface area contributed by atoms with Gasteiger partial charge < -0.3 is 18.9 Å². The Morgan fingerprint density at radius 1 is 1.00 bits per heavy atom. The second-order valence-electron chi connectivity index (χ2n) is 7.22. The molecule has 3 aromatic rings. The summed E-state index contributed by atoms with van der Waals surface area (Å²) in [6.07, 6.45) is 1.89. The zero-order chi connectivity index (χ0) is 24.7. The first-order valence-electron chi connectivity index (χ1n) is 10.9. The third kappa shape index (κ3) is 5.25. The average Bonchev–Trinajstić information content (AvgIpc) is 3.26. The molecule has 0 unspecified atom stereocenters. The van der Waals surface area contributed by atoms with Gasteiger partial charge in [0.25, 0.3) is 0 Å². The van der Waals surface area contributed by atoms with Gasteiger partial charge in [0.2, 0.25) is 0 Å². The van der Waals surface area contributed by atoms with Crippen molar-refractivity contribution in [3.63, 3.8) is 0 Å². The van der Waals surface area contributed by atoms with E-state index in [1.165, 1.54) is 18.9 Å². The molecule has 0 amide bonds. The minimum atomic E-state index is -0.716. The number of unbranched alkanes of at least 4 members (excludes halogenated alkanes) is 1. The number of carbonyl (C=O) groups is 2. The van der Waals surface area contributed by atoms with Crippen molar-refractivity contribution >= 4 is 27.9 Å². The number of methoxy groups -OCH3 is 2. The van der Waals surface area contributed by atoms with Crippen LogP contribution in [0.3, 0.4) is 0 Å². The Morgan fingerprint density at radius 3 is 2.32 bits per heavy atom. The first-order valence-corrected chi connectivity index (χ1v) is 11.7. The molecule has 0 N–H and O–H groups in total. The minimum Gasteiger partial charge on any atom is -0.490 e. The van der Waals surface area contributed by atoms with Crippen molar-refractivity contribution in [1.29, 1.82) is 0 Å². The van der Waals surface area contributed by atoms with Crippen LogP contribution in [0.5, 0.6) is 11.5 Å². The highest BCUT2D eigenvalue weighted by molar-refractivity contribution is 9.10. The van der Waals surface area contributed by atoms with Gasteiger partial charge in [0.1, 0.15) is 11.3 Å². The number of aromatic nitrogens is 2. The maximum absolute atomic E-state index is 12.9. The lowest BCUT2D eigenvalue weighted by Gasteiger charge is -2.15. The summed E-state index contributed by atoms with van der Waals surface area (Å²) in [6, 6.07) is 12.5. The Kier molecular flexibility index (Phi) is 8.70. The van der Waals surface area contributed by atoms with Crippen molar-refractivity contribution in [3.05, 3.63) is 58.2 Å². The predicted octanol–water partition coefficient (Wildman–Crippen LogP) is 5.45. The van der Waals surface area contributed by atoms with Crippen LogP contribution in [0.4, 0.5) is 0 Å². The van der Waals surface area contributed by atoms with Gasteiger partial charge in [0.05, 0.1) is 37.6 Å². The molecule has 9 heteroatoms. The van der Waals surface area contributed by atoms with Crippen molar-refractivity contribution in [2.45, 2.75) is 26.7 Å². The first kappa shape index (κ1) is 25.3. The molecule has 1 heterocycles. The van der Waals surface area contributed by atoms with Crippen LogP contribution in [0.1, 0.15) is 47.5 Å². The number of esters is 2. The zero-order valence-electron chi connectivity index (χ0n) is 19.6. The highest BCUT2D eigenvalue weighted by Gasteiger charge is 2.32. The Morgan fingerprint density at radius 2 is 1.71 bits per heavy atom. The van der Waals surface area contributed by atoms with E-state index in [4.69, 9.17) is 18.9 Å². The number of rotatable bonds is 10. The Hall–Kier alpha value is -3.33. The molecule has 34 heavy (non-hydrogen) atoms. The lowest BCUT2D eigenvalue weighted by molar-refractivity contribution is 0.0549. The molecule has 8 nitrogen and oxygen atoms in total. The van der Waals surface area contributed by atoms with Gasteiger partial charge in [-0.25, -0.2) is 14.3 Å². The minimum absolute atomic E-state index is 0.00722. The Labute approximate surface area is 206 Å². The summed E-state index contributed by atoms with van der Waals surface area (Å²) in [5.41, 5.74) is 1.33. The Bertz CT molecular complexity index is 1160. The van der Waals surface area contributed by atoms with Gasteiger partial charge >= 0.3 is 11.9 Å². The molecular formula is C25H27BrN2O6. The van der Waals surface area contributed by atoms with Crippen LogP contribution < -0.4 is 9.47 Å². The molecule has 0 radical (unpaired) electrons. The van der Waals surface area contributed by atoms with E-state index in [-0.39, 0.29) is 17.0 Å².